The molecule has 0 heterocycles. The Morgan fingerprint density at radius 1 is 1.33 bits per heavy atom. The van der Waals surface area contributed by atoms with Crippen molar-refractivity contribution in [2.45, 2.75) is 6.92 Å². The number of nitrogens with one attached hydrogen (secondary N) is 1. The van der Waals surface area contributed by atoms with Gasteiger partial charge in [0, 0.05) is 11.4 Å². The van der Waals surface area contributed by atoms with E-state index in [1.807, 2.05) is 0 Å². The van der Waals surface area contributed by atoms with Crippen LogP contribution in [0, 0.1) is 0 Å². The maximum Gasteiger partial charge on any atom is 0.338 e. The first-order valence-corrected chi connectivity index (χ1v) is 4.92. The first-order chi connectivity index (χ1) is 7.00. The van der Waals surface area contributed by atoms with Crippen molar-refractivity contribution >= 4 is 33.6 Å². The van der Waals surface area contributed by atoms with Crippen LogP contribution >= 0.6 is 15.9 Å². The van der Waals surface area contributed by atoms with Crippen LogP contribution in [0.5, 0.6) is 0 Å². The maximum absolute atomic E-state index is 11.0. The van der Waals surface area contributed by atoms with Gasteiger partial charge in [0.05, 0.1) is 5.69 Å². The summed E-state index contributed by atoms with van der Waals surface area (Å²) in [6.07, 6.45) is 0. The summed E-state index contributed by atoms with van der Waals surface area (Å²) in [6.45, 7) is 1.30. The number of carbonyl (C=O) groups is 2. The molecule has 0 aliphatic carbocycles. The van der Waals surface area contributed by atoms with Crippen molar-refractivity contribution in [3.05, 3.63) is 28.7 Å². The number of urea groups is 1. The lowest BCUT2D eigenvalue weighted by molar-refractivity contribution is -0.118. The number of hydrogen-bond acceptors (Lipinski definition) is 2. The molecule has 3 amide bonds. The summed E-state index contributed by atoms with van der Waals surface area (Å²) in [5.74, 6) is -0.364. The molecule has 15 heavy (non-hydrogen) atoms. The molecule has 0 aromatic heterocycles. The Balaban J connectivity index is 2.94. The van der Waals surface area contributed by atoms with Gasteiger partial charge in [-0.15, -0.1) is 0 Å². The van der Waals surface area contributed by atoms with Crippen molar-refractivity contribution in [1.82, 2.24) is 5.43 Å². The van der Waals surface area contributed by atoms with E-state index in [9.17, 15) is 9.59 Å². The smallest absolute Gasteiger partial charge is 0.338 e. The highest BCUT2D eigenvalue weighted by Gasteiger charge is 2.12. The van der Waals surface area contributed by atoms with E-state index in [1.54, 1.807) is 24.3 Å². The molecule has 5 nitrogen and oxygen atoms in total. The van der Waals surface area contributed by atoms with Crippen molar-refractivity contribution in [2.75, 3.05) is 5.01 Å². The third-order valence-corrected chi connectivity index (χ3v) is 2.10. The number of anilines is 1. The zero-order chi connectivity index (χ0) is 11.4. The number of nitrogens with two attached hydrogens (primary N) is 1. The summed E-state index contributed by atoms with van der Waals surface area (Å²) in [4.78, 5) is 21.9. The second kappa shape index (κ2) is 4.79. The van der Waals surface area contributed by atoms with Crippen LogP contribution in [0.4, 0.5) is 10.5 Å². The van der Waals surface area contributed by atoms with E-state index < -0.39 is 6.03 Å². The van der Waals surface area contributed by atoms with Crippen molar-refractivity contribution in [2.24, 2.45) is 5.73 Å². The highest BCUT2D eigenvalue weighted by atomic mass is 79.9. The zero-order valence-electron chi connectivity index (χ0n) is 8.03. The Hall–Kier alpha value is -1.56. The van der Waals surface area contributed by atoms with Gasteiger partial charge in [0.2, 0.25) is 5.91 Å². The number of carbonyl (C=O) groups excluding carboxylic acids is 2. The summed E-state index contributed by atoms with van der Waals surface area (Å²) in [5.41, 5.74) is 7.94. The Bertz CT molecular complexity index is 377. The maximum atomic E-state index is 11.0. The number of hydrogen-bond donors (Lipinski definition) is 2. The van der Waals surface area contributed by atoms with Crippen LogP contribution in [-0.2, 0) is 4.79 Å². The molecule has 0 atom stereocenters. The summed E-state index contributed by atoms with van der Waals surface area (Å²) in [6, 6.07) is 6.06. The second-order valence-corrected chi connectivity index (χ2v) is 3.73. The Morgan fingerprint density at radius 3 is 2.27 bits per heavy atom. The fraction of sp³-hybridized carbons (Fsp3) is 0.111. The predicted molar refractivity (Wildman–Crippen MR) is 60.0 cm³/mol. The molecule has 6 heteroatoms. The Kier molecular flexibility index (Phi) is 3.68. The van der Waals surface area contributed by atoms with Gasteiger partial charge in [-0.3, -0.25) is 10.2 Å². The van der Waals surface area contributed by atoms with Gasteiger partial charge >= 0.3 is 6.03 Å². The van der Waals surface area contributed by atoms with E-state index >= 15 is 0 Å². The summed E-state index contributed by atoms with van der Waals surface area (Å²) in [7, 11) is 0. The topological polar surface area (TPSA) is 75.4 Å². The Morgan fingerprint density at radius 2 is 1.87 bits per heavy atom. The molecule has 0 fully saturated rings. The number of halogens is 1. The average molecular weight is 272 g/mol. The minimum Gasteiger partial charge on any atom is -0.350 e. The molecule has 1 aromatic carbocycles. The molecular formula is C9H10BrN3O2. The summed E-state index contributed by atoms with van der Waals surface area (Å²) in [5, 5.41) is 0.981. The standard InChI is InChI=1S/C9H10BrN3O2/c1-6(14)12-13(9(11)15)8-4-2-7(10)3-5-8/h2-5H,1H3,(H2,11,15)(H,12,14). The largest absolute Gasteiger partial charge is 0.350 e. The fourth-order valence-corrected chi connectivity index (χ4v) is 1.26. The normalized spacial score (nSPS) is 9.47. The van der Waals surface area contributed by atoms with Crippen LogP contribution in [-0.4, -0.2) is 11.9 Å². The van der Waals surface area contributed by atoms with Crippen LogP contribution < -0.4 is 16.2 Å². The number of hydrazine groups is 1. The van der Waals surface area contributed by atoms with Crippen molar-refractivity contribution < 1.29 is 9.59 Å². The third-order valence-electron chi connectivity index (χ3n) is 1.57. The number of nitrogens with zero attached hydrogens (tertiary/aromatic N) is 1. The molecule has 1 rings (SSSR count). The molecule has 0 saturated carbocycles. The van der Waals surface area contributed by atoms with E-state index in [4.69, 9.17) is 5.73 Å². The number of rotatable bonds is 1. The second-order valence-electron chi connectivity index (χ2n) is 2.82. The lowest BCUT2D eigenvalue weighted by Gasteiger charge is -2.20. The zero-order valence-corrected chi connectivity index (χ0v) is 9.61. The minimum atomic E-state index is -0.743. The van der Waals surface area contributed by atoms with Gasteiger partial charge in [-0.2, -0.15) is 0 Å². The van der Waals surface area contributed by atoms with E-state index in [0.29, 0.717) is 5.69 Å². The van der Waals surface area contributed by atoms with E-state index in [2.05, 4.69) is 21.4 Å². The van der Waals surface area contributed by atoms with Gasteiger partial charge in [-0.1, -0.05) is 15.9 Å². The van der Waals surface area contributed by atoms with Crippen molar-refractivity contribution in [3.8, 4) is 0 Å². The van der Waals surface area contributed by atoms with Crippen LogP contribution in [0.3, 0.4) is 0 Å². The molecule has 80 valence electrons. The molecule has 0 aliphatic heterocycles. The van der Waals surface area contributed by atoms with E-state index in [1.165, 1.54) is 6.92 Å². The van der Waals surface area contributed by atoms with E-state index in [0.717, 1.165) is 9.48 Å². The number of primary amides is 1. The summed E-state index contributed by atoms with van der Waals surface area (Å²) >= 11 is 3.26. The number of benzene rings is 1. The molecule has 0 saturated heterocycles. The van der Waals surface area contributed by atoms with E-state index in [-0.39, 0.29) is 5.91 Å². The molecular weight excluding hydrogens is 262 g/mol. The molecule has 0 radical (unpaired) electrons. The molecule has 0 unspecified atom stereocenters. The van der Waals surface area contributed by atoms with Crippen LogP contribution in [0.25, 0.3) is 0 Å². The quantitative estimate of drug-likeness (QED) is 0.758. The highest BCUT2D eigenvalue weighted by Crippen LogP contribution is 2.16. The number of amides is 3. The molecule has 3 N–H and O–H groups in total. The van der Waals surface area contributed by atoms with Crippen molar-refractivity contribution in [3.63, 3.8) is 0 Å². The highest BCUT2D eigenvalue weighted by molar-refractivity contribution is 9.10. The molecule has 1 aromatic rings. The van der Waals surface area contributed by atoms with Crippen LogP contribution in [0.2, 0.25) is 0 Å². The molecule has 0 spiro atoms. The third kappa shape index (κ3) is 3.25. The Labute approximate surface area is 95.3 Å². The predicted octanol–water partition coefficient (Wildman–Crippen LogP) is 1.39. The molecule has 0 aliphatic rings. The van der Waals surface area contributed by atoms with Gasteiger partial charge in [-0.05, 0) is 24.3 Å². The minimum absolute atomic E-state index is 0.364. The van der Waals surface area contributed by atoms with Crippen LogP contribution in [0.15, 0.2) is 28.7 Å². The van der Waals surface area contributed by atoms with Gasteiger partial charge in [0.1, 0.15) is 0 Å². The summed E-state index contributed by atoms with van der Waals surface area (Å²) < 4.78 is 0.874. The lowest BCUT2D eigenvalue weighted by atomic mass is 10.3. The average Bonchev–Trinajstić information content (AvgIpc) is 2.15. The van der Waals surface area contributed by atoms with Gasteiger partial charge in [0.15, 0.2) is 0 Å². The van der Waals surface area contributed by atoms with Gasteiger partial charge < -0.3 is 5.73 Å². The first-order valence-electron chi connectivity index (χ1n) is 4.13. The van der Waals surface area contributed by atoms with Crippen LogP contribution in [0.1, 0.15) is 6.92 Å². The van der Waals surface area contributed by atoms with Gasteiger partial charge in [0.25, 0.3) is 0 Å². The monoisotopic (exact) mass is 271 g/mol. The molecule has 0 bridgehead atoms. The van der Waals surface area contributed by atoms with Crippen molar-refractivity contribution in [1.29, 1.82) is 0 Å². The SMILES string of the molecule is CC(=O)NN(C(N)=O)c1ccc(Br)cc1. The lowest BCUT2D eigenvalue weighted by Crippen LogP contribution is -2.48. The first kappa shape index (κ1) is 11.5. The fourth-order valence-electron chi connectivity index (χ4n) is 0.994. The van der Waals surface area contributed by atoms with Gasteiger partial charge in [-0.25, -0.2) is 9.80 Å².